The number of carbonyl (C=O) groups excluding carboxylic acids is 1. The number of likely N-dealkylation sites (tertiary alicyclic amines) is 1. The number of pyridine rings is 2. The molecule has 5 aliphatic rings. The first-order valence-electron chi connectivity index (χ1n) is 17.0. The Morgan fingerprint density at radius 2 is 2.00 bits per heavy atom. The smallest absolute Gasteiger partial charge is 0.251 e. The highest BCUT2D eigenvalue weighted by atomic mass is 19.1. The summed E-state index contributed by atoms with van der Waals surface area (Å²) in [6, 6.07) is 8.79. The molecule has 46 heavy (non-hydrogen) atoms. The number of aromatic nitrogens is 2. The van der Waals surface area contributed by atoms with Gasteiger partial charge < -0.3 is 25.0 Å². The number of piperidine rings is 2. The monoisotopic (exact) mass is 633 g/mol. The second-order valence-electron chi connectivity index (χ2n) is 14.2. The number of ether oxygens (including phenoxy) is 1. The summed E-state index contributed by atoms with van der Waals surface area (Å²) in [5, 5.41) is 13.6. The molecule has 1 aliphatic carbocycles. The molecule has 2 N–H and O–H groups in total. The number of aliphatic hydroxyl groups is 1. The number of halogens is 2. The summed E-state index contributed by atoms with van der Waals surface area (Å²) in [4.78, 5) is 27.8. The lowest BCUT2D eigenvalue weighted by molar-refractivity contribution is -0.0228. The number of aryl methyl sites for hydroxylation is 1. The van der Waals surface area contributed by atoms with Crippen LogP contribution in [0.15, 0.2) is 36.5 Å². The molecule has 1 amide bonds. The molecule has 8 rings (SSSR count). The molecule has 4 atom stereocenters. The summed E-state index contributed by atoms with van der Waals surface area (Å²) in [5.41, 5.74) is 1.52. The fourth-order valence-electron chi connectivity index (χ4n) is 7.67. The van der Waals surface area contributed by atoms with Crippen LogP contribution in [0.1, 0.15) is 85.6 Å². The molecule has 4 aliphatic heterocycles. The molecule has 0 spiro atoms. The Kier molecular flexibility index (Phi) is 8.71. The summed E-state index contributed by atoms with van der Waals surface area (Å²) in [7, 11) is 0. The number of hydrogen-bond acceptors (Lipinski definition) is 7. The standard InChI is InChI=1S/C36H45F2N5O3/c1-22(2)36(38)11-7-31-26(18-36)16-24-15-25(17-30(37)34(24)40-31)35(45)41-32(10-14-42-12-8-28(44)9-13-42)23-3-6-33(39-19-23)43-20-29-5-4-27(43)21-46-29/h3,6,15-17,19,22,27-29,32,44H,4-5,7-14,18,20-21H2,1-2H3,(H,41,45)/t27?,29?,32-,36+/m1/s1. The molecule has 4 saturated heterocycles. The van der Waals surface area contributed by atoms with Crippen molar-refractivity contribution in [2.45, 2.75) is 95.2 Å². The third-order valence-electron chi connectivity index (χ3n) is 10.8. The van der Waals surface area contributed by atoms with E-state index in [-0.39, 0.29) is 47.6 Å². The van der Waals surface area contributed by atoms with Crippen molar-refractivity contribution in [1.29, 1.82) is 0 Å². The lowest BCUT2D eigenvalue weighted by Crippen LogP contribution is -2.54. The Morgan fingerprint density at radius 1 is 1.17 bits per heavy atom. The Bertz CT molecular complexity index is 1570. The van der Waals surface area contributed by atoms with Crippen molar-refractivity contribution in [3.8, 4) is 0 Å². The number of carbonyl (C=O) groups is 1. The SMILES string of the molecule is CC(C)[C@]1(F)CCc2nc3c(F)cc(C(=O)N[C@H](CCN4CCC(O)CC4)c4ccc(N5CC6CCC5CO6)nc4)cc3cc2C1. The molecule has 246 valence electrons. The van der Waals surface area contributed by atoms with E-state index in [1.54, 1.807) is 6.07 Å². The average Bonchev–Trinajstić information content (AvgIpc) is 3.07. The van der Waals surface area contributed by atoms with E-state index >= 15 is 8.78 Å². The molecular formula is C36H45F2N5O3. The minimum Gasteiger partial charge on any atom is -0.393 e. The van der Waals surface area contributed by atoms with Gasteiger partial charge >= 0.3 is 0 Å². The first kappa shape index (κ1) is 31.4. The molecule has 2 bridgehead atoms. The normalized spacial score (nSPS) is 26.0. The van der Waals surface area contributed by atoms with E-state index in [1.807, 2.05) is 38.2 Å². The van der Waals surface area contributed by atoms with E-state index in [2.05, 4.69) is 20.1 Å². The van der Waals surface area contributed by atoms with Gasteiger partial charge in [0.05, 0.1) is 30.9 Å². The molecule has 0 saturated carbocycles. The van der Waals surface area contributed by atoms with Crippen LogP contribution in [-0.2, 0) is 17.6 Å². The maximum absolute atomic E-state index is 15.6. The number of rotatable bonds is 8. The van der Waals surface area contributed by atoms with Gasteiger partial charge in [-0.25, -0.2) is 18.7 Å². The fraction of sp³-hybridized carbons (Fsp3) is 0.583. The molecular weight excluding hydrogens is 588 g/mol. The Hall–Kier alpha value is -3.21. The van der Waals surface area contributed by atoms with E-state index in [0.29, 0.717) is 30.7 Å². The summed E-state index contributed by atoms with van der Waals surface area (Å²) in [6.45, 7) is 7.71. The third-order valence-corrected chi connectivity index (χ3v) is 10.8. The molecule has 0 radical (unpaired) electrons. The molecule has 2 aromatic heterocycles. The lowest BCUT2D eigenvalue weighted by atomic mass is 9.77. The Morgan fingerprint density at radius 3 is 2.67 bits per heavy atom. The topological polar surface area (TPSA) is 90.8 Å². The zero-order valence-corrected chi connectivity index (χ0v) is 26.9. The minimum absolute atomic E-state index is 0.135. The average molecular weight is 634 g/mol. The van der Waals surface area contributed by atoms with Gasteiger partial charge in [0.15, 0.2) is 0 Å². The highest BCUT2D eigenvalue weighted by Gasteiger charge is 2.38. The van der Waals surface area contributed by atoms with Gasteiger partial charge in [0.25, 0.3) is 5.91 Å². The van der Waals surface area contributed by atoms with Gasteiger partial charge in [-0.2, -0.15) is 0 Å². The second-order valence-corrected chi connectivity index (χ2v) is 14.2. The van der Waals surface area contributed by atoms with E-state index in [1.165, 1.54) is 6.07 Å². The number of anilines is 1. The van der Waals surface area contributed by atoms with Crippen LogP contribution in [0.3, 0.4) is 0 Å². The highest BCUT2D eigenvalue weighted by Crippen LogP contribution is 2.38. The molecule has 2 unspecified atom stereocenters. The van der Waals surface area contributed by atoms with Crippen molar-refractivity contribution in [3.05, 3.63) is 64.7 Å². The highest BCUT2D eigenvalue weighted by molar-refractivity contribution is 5.98. The van der Waals surface area contributed by atoms with Gasteiger partial charge in [0, 0.05) is 55.4 Å². The predicted molar refractivity (Wildman–Crippen MR) is 173 cm³/mol. The summed E-state index contributed by atoms with van der Waals surface area (Å²) in [6.07, 6.45) is 7.24. The van der Waals surface area contributed by atoms with Crippen LogP contribution in [0.4, 0.5) is 14.6 Å². The van der Waals surface area contributed by atoms with E-state index in [4.69, 9.17) is 9.72 Å². The van der Waals surface area contributed by atoms with Crippen molar-refractivity contribution in [1.82, 2.24) is 20.2 Å². The second kappa shape index (κ2) is 12.8. The number of alkyl halides is 1. The molecule has 10 heteroatoms. The fourth-order valence-corrected chi connectivity index (χ4v) is 7.67. The van der Waals surface area contributed by atoms with E-state index in [9.17, 15) is 9.90 Å². The van der Waals surface area contributed by atoms with Crippen LogP contribution in [0.25, 0.3) is 10.9 Å². The quantitative estimate of drug-likeness (QED) is 0.348. The minimum atomic E-state index is -1.32. The number of nitrogens with zero attached hydrogens (tertiary/aromatic N) is 4. The van der Waals surface area contributed by atoms with Crippen molar-refractivity contribution >= 4 is 22.6 Å². The van der Waals surface area contributed by atoms with Gasteiger partial charge in [-0.1, -0.05) is 19.9 Å². The maximum Gasteiger partial charge on any atom is 0.251 e. The predicted octanol–water partition coefficient (Wildman–Crippen LogP) is 5.31. The van der Waals surface area contributed by atoms with Crippen molar-refractivity contribution in [3.63, 3.8) is 0 Å². The zero-order valence-electron chi connectivity index (χ0n) is 26.9. The molecule has 3 aromatic rings. The van der Waals surface area contributed by atoms with Crippen LogP contribution in [0, 0.1) is 11.7 Å². The number of amides is 1. The van der Waals surface area contributed by atoms with Crippen LogP contribution in [0.2, 0.25) is 0 Å². The van der Waals surface area contributed by atoms with Crippen molar-refractivity contribution in [2.75, 3.05) is 37.7 Å². The van der Waals surface area contributed by atoms with Crippen LogP contribution in [0.5, 0.6) is 0 Å². The number of hydrogen-bond donors (Lipinski definition) is 2. The molecule has 8 nitrogen and oxygen atoms in total. The van der Waals surface area contributed by atoms with Crippen molar-refractivity contribution < 1.29 is 23.4 Å². The number of fused-ring (bicyclic) bond motifs is 5. The third kappa shape index (κ3) is 6.36. The molecule has 1 aromatic carbocycles. The summed E-state index contributed by atoms with van der Waals surface area (Å²) < 4.78 is 36.9. The van der Waals surface area contributed by atoms with Crippen molar-refractivity contribution in [2.24, 2.45) is 5.92 Å². The van der Waals surface area contributed by atoms with E-state index in [0.717, 1.165) is 81.1 Å². The number of morpholine rings is 1. The number of aliphatic hydroxyl groups excluding tert-OH is 1. The largest absolute Gasteiger partial charge is 0.393 e. The molecule has 4 fully saturated rings. The summed E-state index contributed by atoms with van der Waals surface area (Å²) >= 11 is 0. The Labute approximate surface area is 269 Å². The number of nitrogens with one attached hydrogen (secondary N) is 1. The van der Waals surface area contributed by atoms with Gasteiger partial charge in [0.1, 0.15) is 22.8 Å². The lowest BCUT2D eigenvalue weighted by Gasteiger charge is -2.45. The van der Waals surface area contributed by atoms with E-state index < -0.39 is 11.5 Å². The van der Waals surface area contributed by atoms with Crippen LogP contribution >= 0.6 is 0 Å². The van der Waals surface area contributed by atoms with Crippen LogP contribution < -0.4 is 10.2 Å². The first-order valence-corrected chi connectivity index (χ1v) is 17.0. The van der Waals surface area contributed by atoms with Gasteiger partial charge in [0.2, 0.25) is 0 Å². The van der Waals surface area contributed by atoms with Gasteiger partial charge in [-0.3, -0.25) is 4.79 Å². The number of benzene rings is 1. The Balaban J connectivity index is 1.12. The van der Waals surface area contributed by atoms with Gasteiger partial charge in [-0.05, 0) is 86.3 Å². The maximum atomic E-state index is 15.6. The van der Waals surface area contributed by atoms with Gasteiger partial charge in [-0.15, -0.1) is 0 Å². The zero-order chi connectivity index (χ0) is 32.0. The van der Waals surface area contributed by atoms with Crippen LogP contribution in [-0.4, -0.2) is 82.6 Å². The first-order chi connectivity index (χ1) is 22.1. The molecule has 6 heterocycles. The summed E-state index contributed by atoms with van der Waals surface area (Å²) in [5.74, 6) is -0.154.